The molecule has 0 aliphatic carbocycles. The molecule has 1 saturated heterocycles. The van der Waals surface area contributed by atoms with E-state index in [9.17, 15) is 9.59 Å². The van der Waals surface area contributed by atoms with Crippen LogP contribution in [0.25, 0.3) is 0 Å². The lowest BCUT2D eigenvalue weighted by atomic mass is 9.98. The molecule has 0 bridgehead atoms. The number of ether oxygens (including phenoxy) is 1. The SMILES string of the molecule is COc1ccccc1Cc1cnc(C2CCCN(C(=O)Cn3cccnc3=O)C2)o1. The van der Waals surface area contributed by atoms with Gasteiger partial charge in [-0.2, -0.15) is 0 Å². The molecule has 2 aromatic heterocycles. The van der Waals surface area contributed by atoms with E-state index in [1.807, 2.05) is 24.3 Å². The maximum atomic E-state index is 12.7. The molecule has 1 fully saturated rings. The Kier molecular flexibility index (Phi) is 5.92. The highest BCUT2D eigenvalue weighted by Crippen LogP contribution is 2.28. The first-order chi connectivity index (χ1) is 14.6. The summed E-state index contributed by atoms with van der Waals surface area (Å²) < 4.78 is 12.7. The van der Waals surface area contributed by atoms with E-state index >= 15 is 0 Å². The Bertz CT molecular complexity index is 1070. The molecule has 1 atom stereocenters. The predicted octanol–water partition coefficient (Wildman–Crippen LogP) is 2.24. The lowest BCUT2D eigenvalue weighted by Gasteiger charge is -2.31. The van der Waals surface area contributed by atoms with Crippen LogP contribution in [0.1, 0.15) is 36.0 Å². The van der Waals surface area contributed by atoms with Gasteiger partial charge in [0.15, 0.2) is 5.89 Å². The molecule has 1 amide bonds. The van der Waals surface area contributed by atoms with Crippen LogP contribution in [-0.4, -0.2) is 45.5 Å². The van der Waals surface area contributed by atoms with Crippen LogP contribution in [0.5, 0.6) is 5.75 Å². The predicted molar refractivity (Wildman–Crippen MR) is 109 cm³/mol. The average molecular weight is 408 g/mol. The Hall–Kier alpha value is -3.42. The fourth-order valence-corrected chi connectivity index (χ4v) is 3.79. The van der Waals surface area contributed by atoms with Gasteiger partial charge in [-0.3, -0.25) is 9.36 Å². The molecule has 3 heterocycles. The number of methoxy groups -OCH3 is 1. The van der Waals surface area contributed by atoms with Crippen LogP contribution < -0.4 is 10.4 Å². The van der Waals surface area contributed by atoms with Crippen LogP contribution in [0.15, 0.2) is 58.1 Å². The van der Waals surface area contributed by atoms with Crippen molar-refractivity contribution < 1.29 is 13.9 Å². The number of para-hydroxylation sites is 1. The summed E-state index contributed by atoms with van der Waals surface area (Å²) in [6.07, 6.45) is 7.11. The smallest absolute Gasteiger partial charge is 0.347 e. The summed E-state index contributed by atoms with van der Waals surface area (Å²) in [5.74, 6) is 2.17. The Morgan fingerprint density at radius 2 is 2.13 bits per heavy atom. The number of rotatable bonds is 6. The summed E-state index contributed by atoms with van der Waals surface area (Å²) in [5.41, 5.74) is 0.609. The van der Waals surface area contributed by atoms with Crippen LogP contribution in [0.3, 0.4) is 0 Å². The highest BCUT2D eigenvalue weighted by molar-refractivity contribution is 5.76. The molecule has 1 aromatic carbocycles. The maximum absolute atomic E-state index is 12.7. The second-order valence-electron chi connectivity index (χ2n) is 7.36. The minimum atomic E-state index is -0.423. The summed E-state index contributed by atoms with van der Waals surface area (Å²) in [6.45, 7) is 1.19. The molecule has 4 rings (SSSR count). The van der Waals surface area contributed by atoms with Crippen molar-refractivity contribution in [3.63, 3.8) is 0 Å². The topological polar surface area (TPSA) is 90.5 Å². The molecular weight excluding hydrogens is 384 g/mol. The van der Waals surface area contributed by atoms with E-state index in [1.54, 1.807) is 30.5 Å². The van der Waals surface area contributed by atoms with Gasteiger partial charge in [0.1, 0.15) is 18.1 Å². The number of carbonyl (C=O) groups excluding carboxylic acids is 1. The third kappa shape index (κ3) is 4.42. The van der Waals surface area contributed by atoms with E-state index in [2.05, 4.69) is 9.97 Å². The van der Waals surface area contributed by atoms with Crippen LogP contribution in [0, 0.1) is 0 Å². The summed E-state index contributed by atoms with van der Waals surface area (Å²) in [7, 11) is 1.65. The number of hydrogen-bond acceptors (Lipinski definition) is 6. The van der Waals surface area contributed by atoms with E-state index in [1.165, 1.54) is 10.8 Å². The molecule has 0 N–H and O–H groups in total. The first-order valence-corrected chi connectivity index (χ1v) is 10.00. The van der Waals surface area contributed by atoms with Gasteiger partial charge in [-0.15, -0.1) is 0 Å². The van der Waals surface area contributed by atoms with Gasteiger partial charge in [-0.1, -0.05) is 18.2 Å². The van der Waals surface area contributed by atoms with Crippen LogP contribution in [0.4, 0.5) is 0 Å². The zero-order valence-electron chi connectivity index (χ0n) is 16.9. The standard InChI is InChI=1S/C22H24N4O4/c1-29-19-8-3-2-6-16(19)12-18-13-24-21(30-18)17-7-4-10-25(14-17)20(27)15-26-11-5-9-23-22(26)28/h2-3,5-6,8-9,11,13,17H,4,7,10,12,14-15H2,1H3. The van der Waals surface area contributed by atoms with Gasteiger partial charge in [0, 0.05) is 37.5 Å². The third-order valence-electron chi connectivity index (χ3n) is 5.34. The average Bonchev–Trinajstić information content (AvgIpc) is 3.24. The summed E-state index contributed by atoms with van der Waals surface area (Å²) in [5, 5.41) is 0. The Morgan fingerprint density at radius 1 is 1.27 bits per heavy atom. The van der Waals surface area contributed by atoms with Gasteiger partial charge < -0.3 is 14.1 Å². The van der Waals surface area contributed by atoms with Gasteiger partial charge in [0.2, 0.25) is 5.91 Å². The molecule has 8 heteroatoms. The number of nitrogens with zero attached hydrogens (tertiary/aromatic N) is 4. The number of aromatic nitrogens is 3. The summed E-state index contributed by atoms with van der Waals surface area (Å²) in [4.78, 5) is 34.4. The molecule has 1 aliphatic heterocycles. The van der Waals surface area contributed by atoms with Gasteiger partial charge in [0.05, 0.1) is 19.2 Å². The zero-order valence-corrected chi connectivity index (χ0v) is 16.9. The Balaban J connectivity index is 1.42. The van der Waals surface area contributed by atoms with Gasteiger partial charge in [-0.25, -0.2) is 14.8 Å². The Morgan fingerprint density at radius 3 is 2.97 bits per heavy atom. The van der Waals surface area contributed by atoms with Crippen molar-refractivity contribution in [1.82, 2.24) is 19.4 Å². The highest BCUT2D eigenvalue weighted by Gasteiger charge is 2.28. The van der Waals surface area contributed by atoms with E-state index in [-0.39, 0.29) is 18.4 Å². The largest absolute Gasteiger partial charge is 0.496 e. The maximum Gasteiger partial charge on any atom is 0.347 e. The monoisotopic (exact) mass is 408 g/mol. The fourth-order valence-electron chi connectivity index (χ4n) is 3.79. The van der Waals surface area contributed by atoms with Gasteiger partial charge >= 0.3 is 5.69 Å². The molecular formula is C22H24N4O4. The lowest BCUT2D eigenvalue weighted by Crippen LogP contribution is -2.42. The molecule has 8 nitrogen and oxygen atoms in total. The van der Waals surface area contributed by atoms with Crippen molar-refractivity contribution in [2.45, 2.75) is 31.7 Å². The number of hydrogen-bond donors (Lipinski definition) is 0. The minimum absolute atomic E-state index is 0.00989. The molecule has 156 valence electrons. The molecule has 1 unspecified atom stereocenters. The van der Waals surface area contributed by atoms with E-state index in [0.29, 0.717) is 25.4 Å². The van der Waals surface area contributed by atoms with Crippen LogP contribution >= 0.6 is 0 Å². The molecule has 30 heavy (non-hydrogen) atoms. The van der Waals surface area contributed by atoms with Gasteiger partial charge in [-0.05, 0) is 25.0 Å². The molecule has 0 radical (unpaired) electrons. The number of piperidine rings is 1. The number of amides is 1. The van der Waals surface area contributed by atoms with E-state index in [0.717, 1.165) is 29.9 Å². The van der Waals surface area contributed by atoms with Crippen LogP contribution in [0.2, 0.25) is 0 Å². The molecule has 0 spiro atoms. The van der Waals surface area contributed by atoms with Crippen molar-refractivity contribution >= 4 is 5.91 Å². The normalized spacial score (nSPS) is 16.4. The van der Waals surface area contributed by atoms with Crippen LogP contribution in [-0.2, 0) is 17.8 Å². The first-order valence-electron chi connectivity index (χ1n) is 10.00. The quantitative estimate of drug-likeness (QED) is 0.621. The first kappa shape index (κ1) is 19.9. The van der Waals surface area contributed by atoms with Crippen molar-refractivity contribution in [3.05, 3.63) is 76.6 Å². The highest BCUT2D eigenvalue weighted by atomic mass is 16.5. The summed E-state index contributed by atoms with van der Waals surface area (Å²) in [6, 6.07) is 9.46. The molecule has 0 saturated carbocycles. The van der Waals surface area contributed by atoms with Crippen molar-refractivity contribution in [2.75, 3.05) is 20.2 Å². The summed E-state index contributed by atoms with van der Waals surface area (Å²) >= 11 is 0. The fraction of sp³-hybridized carbons (Fsp3) is 0.364. The van der Waals surface area contributed by atoms with Crippen molar-refractivity contribution in [3.8, 4) is 5.75 Å². The van der Waals surface area contributed by atoms with Crippen molar-refractivity contribution in [1.29, 1.82) is 0 Å². The zero-order chi connectivity index (χ0) is 20.9. The second kappa shape index (κ2) is 8.94. The third-order valence-corrected chi connectivity index (χ3v) is 5.34. The number of oxazole rings is 1. The molecule has 3 aromatic rings. The number of likely N-dealkylation sites (tertiary alicyclic amines) is 1. The number of carbonyl (C=O) groups is 1. The lowest BCUT2D eigenvalue weighted by molar-refractivity contribution is -0.133. The van der Waals surface area contributed by atoms with E-state index in [4.69, 9.17) is 9.15 Å². The minimum Gasteiger partial charge on any atom is -0.496 e. The van der Waals surface area contributed by atoms with Gasteiger partial charge in [0.25, 0.3) is 0 Å². The van der Waals surface area contributed by atoms with Crippen molar-refractivity contribution in [2.24, 2.45) is 0 Å². The number of benzene rings is 1. The molecule has 1 aliphatic rings. The van der Waals surface area contributed by atoms with E-state index < -0.39 is 5.69 Å². The Labute approximate surface area is 174 Å². The second-order valence-corrected chi connectivity index (χ2v) is 7.36.